The number of hydrogen-bond acceptors (Lipinski definition) is 10. The van der Waals surface area contributed by atoms with Crippen molar-refractivity contribution in [3.63, 3.8) is 0 Å². The topological polar surface area (TPSA) is 160 Å². The number of aliphatic hydroxyl groups excluding tert-OH is 1. The quantitative estimate of drug-likeness (QED) is 0.173. The zero-order chi connectivity index (χ0) is 31.4. The van der Waals surface area contributed by atoms with Crippen LogP contribution in [-0.2, 0) is 29.0 Å². The summed E-state index contributed by atoms with van der Waals surface area (Å²) in [6, 6.07) is 10.0. The highest BCUT2D eigenvalue weighted by atomic mass is 31.2. The number of carbonyl (C=O) groups is 1. The Labute approximate surface area is 248 Å². The first-order valence-corrected chi connectivity index (χ1v) is 15.6. The van der Waals surface area contributed by atoms with Crippen LogP contribution < -0.4 is 15.3 Å². The molecule has 0 saturated carbocycles. The van der Waals surface area contributed by atoms with Crippen LogP contribution in [0.15, 0.2) is 48.8 Å². The molecule has 43 heavy (non-hydrogen) atoms. The number of benzene rings is 1. The normalized spacial score (nSPS) is 24.3. The molecule has 4 rings (SSSR count). The minimum Gasteiger partial charge on any atom is -0.464 e. The summed E-state index contributed by atoms with van der Waals surface area (Å²) < 4.78 is 66.9. The summed E-state index contributed by atoms with van der Waals surface area (Å²) in [5, 5.41) is 17.7. The smallest absolute Gasteiger partial charge is 0.459 e. The lowest BCUT2D eigenvalue weighted by molar-refractivity contribution is -0.146. The third-order valence-corrected chi connectivity index (χ3v) is 9.39. The Balaban J connectivity index is 1.55. The molecule has 236 valence electrons. The molecule has 3 heterocycles. The highest BCUT2D eigenvalue weighted by Crippen LogP contribution is 2.50. The van der Waals surface area contributed by atoms with E-state index in [1.807, 2.05) is 13.8 Å². The number of fused-ring (bicyclic) bond motifs is 1. The van der Waals surface area contributed by atoms with Crippen LogP contribution in [0.2, 0.25) is 0 Å². The molecule has 3 aromatic rings. The van der Waals surface area contributed by atoms with E-state index in [9.17, 15) is 23.2 Å². The predicted molar refractivity (Wildman–Crippen MR) is 153 cm³/mol. The summed E-state index contributed by atoms with van der Waals surface area (Å²) in [5.74, 6) is -1.91. The minimum absolute atomic E-state index is 0.134. The molecule has 12 nitrogen and oxygen atoms in total. The summed E-state index contributed by atoms with van der Waals surface area (Å²) in [6.45, 7) is 6.41. The highest BCUT2D eigenvalue weighted by molar-refractivity contribution is 7.52. The molecule has 0 bridgehead atoms. The van der Waals surface area contributed by atoms with Gasteiger partial charge >= 0.3 is 13.7 Å². The van der Waals surface area contributed by atoms with Crippen molar-refractivity contribution in [3.05, 3.63) is 54.5 Å². The molecule has 0 amide bonds. The van der Waals surface area contributed by atoms with E-state index in [0.717, 1.165) is 12.8 Å². The third-order valence-electron chi connectivity index (χ3n) is 7.74. The summed E-state index contributed by atoms with van der Waals surface area (Å²) >= 11 is 0. The number of carbonyl (C=O) groups excluding carboxylic acids is 1. The monoisotopic (exact) mass is 625 g/mol. The zero-order valence-corrected chi connectivity index (χ0v) is 25.3. The van der Waals surface area contributed by atoms with Gasteiger partial charge in [-0.05, 0) is 44.0 Å². The molecular formula is C28H38F2N5O7P. The summed E-state index contributed by atoms with van der Waals surface area (Å²) in [6.07, 6.45) is -3.27. The van der Waals surface area contributed by atoms with Gasteiger partial charge in [0.05, 0.1) is 30.9 Å². The lowest BCUT2D eigenvalue weighted by Crippen LogP contribution is -2.39. The molecule has 1 unspecified atom stereocenters. The number of anilines is 1. The van der Waals surface area contributed by atoms with E-state index in [0.29, 0.717) is 5.52 Å². The van der Waals surface area contributed by atoms with E-state index in [2.05, 4.69) is 15.2 Å². The van der Waals surface area contributed by atoms with Gasteiger partial charge < -0.3 is 24.8 Å². The van der Waals surface area contributed by atoms with Crippen molar-refractivity contribution in [2.75, 3.05) is 18.9 Å². The van der Waals surface area contributed by atoms with E-state index < -0.39 is 56.5 Å². The van der Waals surface area contributed by atoms with Crippen molar-refractivity contribution in [2.45, 2.75) is 70.8 Å². The Morgan fingerprint density at radius 3 is 2.58 bits per heavy atom. The Bertz CT molecular complexity index is 1430. The van der Waals surface area contributed by atoms with Gasteiger partial charge in [-0.1, -0.05) is 44.9 Å². The number of esters is 1. The summed E-state index contributed by atoms with van der Waals surface area (Å²) in [4.78, 5) is 16.6. The molecule has 6 atom stereocenters. The zero-order valence-electron chi connectivity index (χ0n) is 24.4. The van der Waals surface area contributed by atoms with Crippen LogP contribution in [0.1, 0.15) is 46.2 Å². The number of alkyl halides is 2. The third kappa shape index (κ3) is 7.15. The van der Waals surface area contributed by atoms with Crippen LogP contribution in [0.5, 0.6) is 5.75 Å². The maximum atomic E-state index is 14.4. The van der Waals surface area contributed by atoms with Gasteiger partial charge in [0.2, 0.25) is 6.43 Å². The van der Waals surface area contributed by atoms with Gasteiger partial charge in [0, 0.05) is 0 Å². The van der Waals surface area contributed by atoms with Gasteiger partial charge in [-0.15, -0.1) is 0 Å². The Morgan fingerprint density at radius 2 is 1.93 bits per heavy atom. The van der Waals surface area contributed by atoms with Crippen molar-refractivity contribution in [1.82, 2.24) is 19.7 Å². The molecule has 1 aliphatic rings. The second-order valence-corrected chi connectivity index (χ2v) is 12.3. The summed E-state index contributed by atoms with van der Waals surface area (Å²) in [5.41, 5.74) is 4.74. The fourth-order valence-electron chi connectivity index (χ4n) is 5.12. The summed E-state index contributed by atoms with van der Waals surface area (Å²) in [7, 11) is -4.35. The number of aliphatic hydroxyl groups is 1. The van der Waals surface area contributed by atoms with Gasteiger partial charge in [-0.2, -0.15) is 10.2 Å². The van der Waals surface area contributed by atoms with Crippen molar-refractivity contribution < 1.29 is 41.8 Å². The van der Waals surface area contributed by atoms with Crippen LogP contribution in [0.3, 0.4) is 0 Å². The fraction of sp³-hybridized carbons (Fsp3) is 0.536. The number of nitrogens with zero attached hydrogens (tertiary/aromatic N) is 3. The van der Waals surface area contributed by atoms with Crippen LogP contribution in [0.4, 0.5) is 14.6 Å². The van der Waals surface area contributed by atoms with E-state index in [1.165, 1.54) is 42.9 Å². The highest BCUT2D eigenvalue weighted by Gasteiger charge is 2.58. The second-order valence-electron chi connectivity index (χ2n) is 10.6. The standard InChI is InChI=1S/C28H38F2N5O7P/c1-5-18(6-2)14-39-27(37)17(3)34-43(38,42-19-10-8-7-9-11-19)40-15-21-24(36)23(25(29)30)28(4,41-21)22-13-12-20-26(31)32-16-33-35(20)22/h7-13,16-18,21,23-25,36H,5-6,14-15H2,1-4H3,(H,34,38)(H2,31,32,33)/t17-,21+,23+,24?,28-,43-/m0/s1. The van der Waals surface area contributed by atoms with Gasteiger partial charge in [-0.25, -0.2) is 22.8 Å². The van der Waals surface area contributed by atoms with E-state index >= 15 is 0 Å². The number of rotatable bonds is 14. The van der Waals surface area contributed by atoms with Crippen LogP contribution in [0.25, 0.3) is 5.52 Å². The molecule has 1 aliphatic heterocycles. The number of nitrogens with one attached hydrogen (secondary N) is 1. The predicted octanol–water partition coefficient (Wildman–Crippen LogP) is 4.33. The maximum Gasteiger partial charge on any atom is 0.459 e. The molecule has 1 aromatic carbocycles. The SMILES string of the molecule is CCC(CC)COC(=O)[C@H](C)N[P@](=O)(OC[C@H]1O[C@@](C)(c2ccc3c(N)ncnn23)[C@@H](C(F)F)C1O)Oc1ccccc1. The number of halogens is 2. The number of ether oxygens (including phenoxy) is 2. The number of hydrogen-bond donors (Lipinski definition) is 3. The average Bonchev–Trinajstić information content (AvgIpc) is 3.53. The van der Waals surface area contributed by atoms with Crippen molar-refractivity contribution in [3.8, 4) is 5.75 Å². The molecule has 1 saturated heterocycles. The Hall–Kier alpha value is -3.16. The largest absolute Gasteiger partial charge is 0.464 e. The Kier molecular flexibility index (Phi) is 10.4. The number of aromatic nitrogens is 3. The lowest BCUT2D eigenvalue weighted by Gasteiger charge is -2.30. The average molecular weight is 626 g/mol. The van der Waals surface area contributed by atoms with Crippen molar-refractivity contribution in [2.24, 2.45) is 11.8 Å². The van der Waals surface area contributed by atoms with Crippen LogP contribution in [-0.4, -0.2) is 63.6 Å². The maximum absolute atomic E-state index is 14.4. The van der Waals surface area contributed by atoms with E-state index in [1.54, 1.807) is 24.3 Å². The van der Waals surface area contributed by atoms with E-state index in [4.69, 9.17) is 24.3 Å². The number of nitrogen functional groups attached to an aromatic ring is 1. The number of para-hydroxylation sites is 1. The van der Waals surface area contributed by atoms with Gasteiger partial charge in [0.1, 0.15) is 35.3 Å². The first-order valence-electron chi connectivity index (χ1n) is 14.1. The van der Waals surface area contributed by atoms with Crippen molar-refractivity contribution in [1.29, 1.82) is 0 Å². The van der Waals surface area contributed by atoms with Crippen molar-refractivity contribution >= 4 is 25.1 Å². The fourth-order valence-corrected chi connectivity index (χ4v) is 6.62. The molecule has 15 heteroatoms. The molecule has 1 fully saturated rings. The van der Waals surface area contributed by atoms with Gasteiger partial charge in [0.15, 0.2) is 5.82 Å². The van der Waals surface area contributed by atoms with E-state index in [-0.39, 0.29) is 29.8 Å². The second kappa shape index (κ2) is 13.6. The first kappa shape index (κ1) is 32.7. The molecular weight excluding hydrogens is 587 g/mol. The molecule has 0 radical (unpaired) electrons. The van der Waals surface area contributed by atoms with Gasteiger partial charge in [-0.3, -0.25) is 9.32 Å². The van der Waals surface area contributed by atoms with Crippen LogP contribution >= 0.6 is 7.75 Å². The molecule has 4 N–H and O–H groups in total. The van der Waals surface area contributed by atoms with Crippen LogP contribution in [0, 0.1) is 11.8 Å². The van der Waals surface area contributed by atoms with Gasteiger partial charge in [0.25, 0.3) is 0 Å². The first-order chi connectivity index (χ1) is 20.4. The molecule has 0 aliphatic carbocycles. The minimum atomic E-state index is -4.35. The molecule has 0 spiro atoms. The lowest BCUT2D eigenvalue weighted by atomic mass is 9.84. The molecule has 2 aromatic heterocycles. The Morgan fingerprint density at radius 1 is 1.23 bits per heavy atom. The number of nitrogens with two attached hydrogens (primary N) is 1.